The van der Waals surface area contributed by atoms with Gasteiger partial charge in [0.1, 0.15) is 6.54 Å². The summed E-state index contributed by atoms with van der Waals surface area (Å²) in [5.74, 6) is -0.763. The Balaban J connectivity index is 1.48. The number of hydrogen-bond acceptors (Lipinski definition) is 4. The van der Waals surface area contributed by atoms with Gasteiger partial charge in [-0.05, 0) is 29.8 Å². The highest BCUT2D eigenvalue weighted by molar-refractivity contribution is 6.33. The van der Waals surface area contributed by atoms with Gasteiger partial charge in [-0.15, -0.1) is 5.10 Å². The molecule has 0 aliphatic heterocycles. The summed E-state index contributed by atoms with van der Waals surface area (Å²) < 4.78 is 2.27. The van der Waals surface area contributed by atoms with E-state index in [0.29, 0.717) is 28.5 Å². The lowest BCUT2D eigenvalue weighted by Crippen LogP contribution is -2.28. The SMILES string of the molecule is O=C(Cn1nc2ccc(C(=O)NCc3ccccc3)cn2c1=O)Nc1ccccc1Cl. The Hall–Kier alpha value is -3.91. The zero-order chi connectivity index (χ0) is 21.8. The minimum absolute atomic E-state index is 0.290. The first-order chi connectivity index (χ1) is 15.0. The molecule has 2 N–H and O–H groups in total. The number of rotatable bonds is 6. The van der Waals surface area contributed by atoms with Gasteiger partial charge >= 0.3 is 5.69 Å². The molecule has 0 spiro atoms. The van der Waals surface area contributed by atoms with Gasteiger partial charge in [-0.2, -0.15) is 0 Å². The van der Waals surface area contributed by atoms with Crippen LogP contribution in [0.1, 0.15) is 15.9 Å². The van der Waals surface area contributed by atoms with Gasteiger partial charge in [0.2, 0.25) is 5.91 Å². The van der Waals surface area contributed by atoms with E-state index >= 15 is 0 Å². The van der Waals surface area contributed by atoms with Gasteiger partial charge in [0.15, 0.2) is 5.65 Å². The van der Waals surface area contributed by atoms with Gasteiger partial charge < -0.3 is 10.6 Å². The second-order valence-electron chi connectivity index (χ2n) is 6.78. The van der Waals surface area contributed by atoms with Crippen molar-refractivity contribution in [3.8, 4) is 0 Å². The molecular weight excluding hydrogens is 418 g/mol. The smallest absolute Gasteiger partial charge is 0.348 e. The molecule has 156 valence electrons. The lowest BCUT2D eigenvalue weighted by Gasteiger charge is -2.06. The summed E-state index contributed by atoms with van der Waals surface area (Å²) in [7, 11) is 0. The molecule has 2 aromatic carbocycles. The first-order valence-corrected chi connectivity index (χ1v) is 9.85. The highest BCUT2D eigenvalue weighted by Crippen LogP contribution is 2.20. The Kier molecular flexibility index (Phi) is 5.81. The maximum atomic E-state index is 12.7. The Morgan fingerprint density at radius 3 is 2.48 bits per heavy atom. The molecule has 8 nitrogen and oxygen atoms in total. The van der Waals surface area contributed by atoms with Crippen LogP contribution < -0.4 is 16.3 Å². The fraction of sp³-hybridized carbons (Fsp3) is 0.0909. The van der Waals surface area contributed by atoms with Crippen LogP contribution in [-0.2, 0) is 17.9 Å². The van der Waals surface area contributed by atoms with Gasteiger partial charge in [-0.3, -0.25) is 9.59 Å². The van der Waals surface area contributed by atoms with E-state index in [-0.39, 0.29) is 12.5 Å². The van der Waals surface area contributed by atoms with Gasteiger partial charge in [0.05, 0.1) is 16.3 Å². The summed E-state index contributed by atoms with van der Waals surface area (Å²) >= 11 is 6.04. The van der Waals surface area contributed by atoms with E-state index < -0.39 is 11.6 Å². The molecule has 0 saturated heterocycles. The first kappa shape index (κ1) is 20.4. The first-order valence-electron chi connectivity index (χ1n) is 9.47. The van der Waals surface area contributed by atoms with Crippen molar-refractivity contribution in [2.75, 3.05) is 5.32 Å². The molecule has 0 aliphatic rings. The minimum Gasteiger partial charge on any atom is -0.348 e. The Labute approximate surface area is 182 Å². The van der Waals surface area contributed by atoms with Crippen LogP contribution in [-0.4, -0.2) is 26.0 Å². The normalized spacial score (nSPS) is 10.7. The molecule has 9 heteroatoms. The molecule has 2 amide bonds. The lowest BCUT2D eigenvalue weighted by molar-refractivity contribution is -0.117. The number of carbonyl (C=O) groups excluding carboxylic acids is 2. The predicted octanol–water partition coefficient (Wildman–Crippen LogP) is 2.72. The van der Waals surface area contributed by atoms with Crippen LogP contribution in [0.4, 0.5) is 5.69 Å². The second-order valence-corrected chi connectivity index (χ2v) is 7.19. The van der Waals surface area contributed by atoms with E-state index in [1.165, 1.54) is 10.6 Å². The molecule has 31 heavy (non-hydrogen) atoms. The fourth-order valence-corrected chi connectivity index (χ4v) is 3.21. The third-order valence-corrected chi connectivity index (χ3v) is 4.91. The summed E-state index contributed by atoms with van der Waals surface area (Å²) in [5, 5.41) is 10.0. The molecule has 2 aromatic heterocycles. The van der Waals surface area contributed by atoms with Crippen LogP contribution in [0.5, 0.6) is 0 Å². The predicted molar refractivity (Wildman–Crippen MR) is 117 cm³/mol. The number of pyridine rings is 1. The average molecular weight is 436 g/mol. The van der Waals surface area contributed by atoms with Crippen molar-refractivity contribution < 1.29 is 9.59 Å². The molecule has 0 unspecified atom stereocenters. The van der Waals surface area contributed by atoms with Crippen molar-refractivity contribution >= 4 is 34.7 Å². The number of halogens is 1. The molecule has 0 aliphatic carbocycles. The molecular formula is C22H18ClN5O3. The number of anilines is 1. The van der Waals surface area contributed by atoms with Gasteiger partial charge in [0.25, 0.3) is 5.91 Å². The highest BCUT2D eigenvalue weighted by Gasteiger charge is 2.14. The van der Waals surface area contributed by atoms with Crippen LogP contribution >= 0.6 is 11.6 Å². The number of nitrogens with zero attached hydrogens (tertiary/aromatic N) is 3. The standard InChI is InChI=1S/C22H18ClN5O3/c23-17-8-4-5-9-18(17)25-20(29)14-28-22(31)27-13-16(10-11-19(27)26-28)21(30)24-12-15-6-2-1-3-7-15/h1-11,13H,12,14H2,(H,24,30)(H,25,29). The van der Waals surface area contributed by atoms with Gasteiger partial charge in [0, 0.05) is 12.7 Å². The summed E-state index contributed by atoms with van der Waals surface area (Å²) in [4.78, 5) is 37.4. The summed E-state index contributed by atoms with van der Waals surface area (Å²) in [6.07, 6.45) is 1.41. The molecule has 0 fully saturated rings. The maximum absolute atomic E-state index is 12.7. The van der Waals surface area contributed by atoms with Crippen molar-refractivity contribution in [1.82, 2.24) is 19.5 Å². The van der Waals surface area contributed by atoms with E-state index in [2.05, 4.69) is 15.7 Å². The van der Waals surface area contributed by atoms with E-state index in [1.807, 2.05) is 30.3 Å². The van der Waals surface area contributed by atoms with Crippen LogP contribution in [0, 0.1) is 0 Å². The average Bonchev–Trinajstić information content (AvgIpc) is 3.09. The highest BCUT2D eigenvalue weighted by atomic mass is 35.5. The van der Waals surface area contributed by atoms with Crippen molar-refractivity contribution in [2.45, 2.75) is 13.1 Å². The summed E-state index contributed by atoms with van der Waals surface area (Å²) in [6, 6.07) is 19.4. The lowest BCUT2D eigenvalue weighted by atomic mass is 10.2. The van der Waals surface area contributed by atoms with E-state index in [9.17, 15) is 14.4 Å². The number of hydrogen-bond donors (Lipinski definition) is 2. The van der Waals surface area contributed by atoms with Crippen LogP contribution in [0.3, 0.4) is 0 Å². The van der Waals surface area contributed by atoms with Gasteiger partial charge in [-0.1, -0.05) is 54.1 Å². The maximum Gasteiger partial charge on any atom is 0.350 e. The quantitative estimate of drug-likeness (QED) is 0.486. The molecule has 0 saturated carbocycles. The number of nitrogens with one attached hydrogen (secondary N) is 2. The van der Waals surface area contributed by atoms with E-state index in [1.54, 1.807) is 36.4 Å². The van der Waals surface area contributed by atoms with Crippen molar-refractivity contribution in [2.24, 2.45) is 0 Å². The number of fused-ring (bicyclic) bond motifs is 1. The number of carbonyl (C=O) groups is 2. The largest absolute Gasteiger partial charge is 0.350 e. The molecule has 2 heterocycles. The summed E-state index contributed by atoms with van der Waals surface area (Å²) in [6.45, 7) is 0.0787. The monoisotopic (exact) mass is 435 g/mol. The Morgan fingerprint density at radius 2 is 1.71 bits per heavy atom. The number of aromatic nitrogens is 3. The molecule has 0 bridgehead atoms. The third kappa shape index (κ3) is 4.65. The van der Waals surface area contributed by atoms with Crippen molar-refractivity contribution in [3.05, 3.63) is 99.6 Å². The van der Waals surface area contributed by atoms with Crippen LogP contribution in [0.15, 0.2) is 77.7 Å². The topological polar surface area (TPSA) is 97.5 Å². The van der Waals surface area contributed by atoms with Gasteiger partial charge in [-0.25, -0.2) is 13.9 Å². The molecule has 0 atom stereocenters. The van der Waals surface area contributed by atoms with Crippen molar-refractivity contribution in [3.63, 3.8) is 0 Å². The van der Waals surface area contributed by atoms with E-state index in [4.69, 9.17) is 11.6 Å². The Morgan fingerprint density at radius 1 is 0.968 bits per heavy atom. The molecule has 4 rings (SSSR count). The summed E-state index contributed by atoms with van der Waals surface area (Å²) in [5.41, 5.74) is 1.53. The number of para-hydroxylation sites is 1. The zero-order valence-corrected chi connectivity index (χ0v) is 17.0. The van der Waals surface area contributed by atoms with Crippen LogP contribution in [0.2, 0.25) is 5.02 Å². The molecule has 0 radical (unpaired) electrons. The minimum atomic E-state index is -0.526. The van der Waals surface area contributed by atoms with Crippen molar-refractivity contribution in [1.29, 1.82) is 0 Å². The number of amides is 2. The van der Waals surface area contributed by atoms with Crippen LogP contribution in [0.25, 0.3) is 5.65 Å². The zero-order valence-electron chi connectivity index (χ0n) is 16.3. The Bertz CT molecular complexity index is 1310. The fourth-order valence-electron chi connectivity index (χ4n) is 3.02. The second kappa shape index (κ2) is 8.85. The van der Waals surface area contributed by atoms with E-state index in [0.717, 1.165) is 10.2 Å². The third-order valence-electron chi connectivity index (χ3n) is 4.58. The molecule has 4 aromatic rings. The number of benzene rings is 2.